The van der Waals surface area contributed by atoms with E-state index in [9.17, 15) is 56.2 Å². The summed E-state index contributed by atoms with van der Waals surface area (Å²) in [5.74, 6) is -2.91. The molecule has 0 heterocycles. The molecule has 0 N–H and O–H groups in total. The summed E-state index contributed by atoms with van der Waals surface area (Å²) in [5, 5.41) is 39.9. The van der Waals surface area contributed by atoms with Crippen LogP contribution in [0.4, 0.5) is 35.1 Å². The molecular formula is C40H14F8N4. The lowest BCUT2D eigenvalue weighted by Crippen LogP contribution is -2.08. The number of benzene rings is 5. The normalized spacial score (nSPS) is 12.5. The molecule has 0 bridgehead atoms. The first-order chi connectivity index (χ1) is 24.7. The fraction of sp³-hybridized carbons (Fsp3) is 0.0500. The predicted octanol–water partition coefficient (Wildman–Crippen LogP) is 11.0. The van der Waals surface area contributed by atoms with Gasteiger partial charge in [-0.15, -0.1) is 0 Å². The first kappa shape index (κ1) is 33.5. The van der Waals surface area contributed by atoms with Crippen LogP contribution in [-0.2, 0) is 12.4 Å². The molecule has 52 heavy (non-hydrogen) atoms. The topological polar surface area (TPSA) is 95.2 Å². The van der Waals surface area contributed by atoms with Crippen LogP contribution in [0.25, 0.3) is 55.7 Å². The van der Waals surface area contributed by atoms with Crippen molar-refractivity contribution < 1.29 is 35.1 Å². The number of alkyl halides is 6. The Labute approximate surface area is 289 Å². The Morgan fingerprint density at radius 2 is 0.692 bits per heavy atom. The molecule has 2 aliphatic rings. The van der Waals surface area contributed by atoms with Crippen molar-refractivity contribution in [1.29, 1.82) is 21.0 Å². The molecule has 4 nitrogen and oxygen atoms in total. The summed E-state index contributed by atoms with van der Waals surface area (Å²) in [7, 11) is 0. The van der Waals surface area contributed by atoms with Crippen LogP contribution in [0.1, 0.15) is 33.4 Å². The quantitative estimate of drug-likeness (QED) is 0.132. The van der Waals surface area contributed by atoms with E-state index in [1.807, 2.05) is 24.3 Å². The van der Waals surface area contributed by atoms with Crippen LogP contribution in [0.2, 0.25) is 0 Å². The molecule has 0 aromatic heterocycles. The van der Waals surface area contributed by atoms with Crippen molar-refractivity contribution in [2.45, 2.75) is 12.4 Å². The van der Waals surface area contributed by atoms with Crippen molar-refractivity contribution in [1.82, 2.24) is 0 Å². The molecule has 7 rings (SSSR count). The van der Waals surface area contributed by atoms with Gasteiger partial charge in [0.15, 0.2) is 0 Å². The second-order valence-electron chi connectivity index (χ2n) is 11.8. The Morgan fingerprint density at radius 3 is 1.04 bits per heavy atom. The molecule has 5 aromatic carbocycles. The molecule has 0 radical (unpaired) electrons. The predicted molar refractivity (Wildman–Crippen MR) is 173 cm³/mol. The van der Waals surface area contributed by atoms with E-state index in [0.29, 0.717) is 68.8 Å². The summed E-state index contributed by atoms with van der Waals surface area (Å²) in [6, 6.07) is 24.9. The van der Waals surface area contributed by atoms with Crippen molar-refractivity contribution in [3.63, 3.8) is 0 Å². The third-order valence-corrected chi connectivity index (χ3v) is 9.01. The molecular weight excluding hydrogens is 688 g/mol. The molecule has 5 aromatic rings. The number of nitriles is 4. The average molecular weight is 703 g/mol. The fourth-order valence-corrected chi connectivity index (χ4v) is 6.74. The van der Waals surface area contributed by atoms with Crippen LogP contribution in [0.15, 0.2) is 96.1 Å². The van der Waals surface area contributed by atoms with Gasteiger partial charge >= 0.3 is 12.4 Å². The van der Waals surface area contributed by atoms with E-state index in [-0.39, 0.29) is 44.5 Å². The van der Waals surface area contributed by atoms with Gasteiger partial charge in [-0.2, -0.15) is 47.4 Å². The molecule has 12 heteroatoms. The molecule has 0 fully saturated rings. The van der Waals surface area contributed by atoms with Crippen molar-refractivity contribution in [3.05, 3.63) is 141 Å². The van der Waals surface area contributed by atoms with E-state index in [2.05, 4.69) is 0 Å². The minimum Gasteiger partial charge on any atom is -0.206 e. The van der Waals surface area contributed by atoms with Gasteiger partial charge in [-0.3, -0.25) is 0 Å². The third-order valence-electron chi connectivity index (χ3n) is 9.01. The smallest absolute Gasteiger partial charge is 0.206 e. The van der Waals surface area contributed by atoms with Crippen LogP contribution >= 0.6 is 0 Å². The Bertz CT molecular complexity index is 2460. The van der Waals surface area contributed by atoms with Gasteiger partial charge < -0.3 is 0 Å². The highest BCUT2D eigenvalue weighted by Gasteiger charge is 2.37. The largest absolute Gasteiger partial charge is 0.419 e. The second kappa shape index (κ2) is 11.8. The Balaban J connectivity index is 1.45. The number of allylic oxidation sites excluding steroid dienone is 2. The highest BCUT2D eigenvalue weighted by Crippen LogP contribution is 2.54. The van der Waals surface area contributed by atoms with Crippen LogP contribution in [-0.4, -0.2) is 0 Å². The number of fused-ring (bicyclic) bond motifs is 6. The standard InChI is InChI=1S/C40H14F8N4/c41-35-7-3-21(11-33(35)39(43,44)45)19-1-5-25-27-13-28-26-6-2-20(22-4-8-36(42)34(12-22)40(46,47)48)10-30(26)38(24(17-51)18-52)32(28)14-31(27)37(29(25)9-19)23(15-49)16-50/h1-14H. The fourth-order valence-electron chi connectivity index (χ4n) is 6.74. The number of nitrogens with zero attached hydrogens (tertiary/aromatic N) is 4. The van der Waals surface area contributed by atoms with E-state index in [1.54, 1.807) is 24.3 Å². The van der Waals surface area contributed by atoms with Crippen LogP contribution in [0.5, 0.6) is 0 Å². The van der Waals surface area contributed by atoms with E-state index in [4.69, 9.17) is 0 Å². The first-order valence-electron chi connectivity index (χ1n) is 15.0. The average Bonchev–Trinajstić information content (AvgIpc) is 3.59. The molecule has 0 saturated heterocycles. The number of hydrogen-bond donors (Lipinski definition) is 0. The SMILES string of the molecule is N#CC(C#N)=C1c2cc(-c3ccc(F)c(C(F)(F)F)c3)ccc2-c2cc3c(cc21)C(=C(C#N)C#N)c1cc(-c2ccc(F)c(C(F)(F)F)c2)ccc1-3. The van der Waals surface area contributed by atoms with Crippen molar-refractivity contribution in [3.8, 4) is 68.8 Å². The van der Waals surface area contributed by atoms with Gasteiger partial charge in [-0.05, 0) is 115 Å². The summed E-state index contributed by atoms with van der Waals surface area (Å²) in [4.78, 5) is 0. The maximum Gasteiger partial charge on any atom is 0.419 e. The molecule has 0 unspecified atom stereocenters. The summed E-state index contributed by atoms with van der Waals surface area (Å²) in [5.41, 5.74) is 0.521. The molecule has 0 atom stereocenters. The second-order valence-corrected chi connectivity index (χ2v) is 11.8. The van der Waals surface area contributed by atoms with E-state index in [1.165, 1.54) is 36.4 Å². The Kier molecular flexibility index (Phi) is 7.60. The molecule has 0 spiro atoms. The summed E-state index contributed by atoms with van der Waals surface area (Å²) < 4.78 is 109. The Morgan fingerprint density at radius 1 is 0.385 bits per heavy atom. The summed E-state index contributed by atoms with van der Waals surface area (Å²) >= 11 is 0. The van der Waals surface area contributed by atoms with Gasteiger partial charge in [0.05, 0.1) is 11.1 Å². The highest BCUT2D eigenvalue weighted by atomic mass is 19.4. The maximum atomic E-state index is 14.1. The van der Waals surface area contributed by atoms with Gasteiger partial charge in [-0.1, -0.05) is 36.4 Å². The van der Waals surface area contributed by atoms with E-state index >= 15 is 0 Å². The van der Waals surface area contributed by atoms with Crippen molar-refractivity contribution >= 4 is 11.1 Å². The summed E-state index contributed by atoms with van der Waals surface area (Å²) in [6.45, 7) is 0. The van der Waals surface area contributed by atoms with E-state index < -0.39 is 35.1 Å². The lowest BCUT2D eigenvalue weighted by Gasteiger charge is -2.12. The minimum absolute atomic E-state index is 0.0240. The van der Waals surface area contributed by atoms with Gasteiger partial charge in [0.25, 0.3) is 0 Å². The van der Waals surface area contributed by atoms with E-state index in [0.717, 1.165) is 0 Å². The lowest BCUT2D eigenvalue weighted by atomic mass is 9.92. The van der Waals surface area contributed by atoms with Gasteiger partial charge in [0.1, 0.15) is 47.1 Å². The molecule has 250 valence electrons. The number of halogens is 8. The zero-order chi connectivity index (χ0) is 37.3. The monoisotopic (exact) mass is 702 g/mol. The molecule has 2 aliphatic carbocycles. The molecule has 0 aliphatic heterocycles. The van der Waals surface area contributed by atoms with Crippen LogP contribution < -0.4 is 0 Å². The Hall–Kier alpha value is -7.02. The van der Waals surface area contributed by atoms with Gasteiger partial charge in [0, 0.05) is 11.1 Å². The minimum atomic E-state index is -4.97. The zero-order valence-corrected chi connectivity index (χ0v) is 25.9. The van der Waals surface area contributed by atoms with Gasteiger partial charge in [-0.25, -0.2) is 8.78 Å². The van der Waals surface area contributed by atoms with Gasteiger partial charge in [0.2, 0.25) is 0 Å². The van der Waals surface area contributed by atoms with Crippen molar-refractivity contribution in [2.24, 2.45) is 0 Å². The number of hydrogen-bond acceptors (Lipinski definition) is 4. The highest BCUT2D eigenvalue weighted by molar-refractivity contribution is 6.11. The van der Waals surface area contributed by atoms with Crippen LogP contribution in [0.3, 0.4) is 0 Å². The van der Waals surface area contributed by atoms with Crippen LogP contribution in [0, 0.1) is 57.0 Å². The molecule has 0 amide bonds. The zero-order valence-electron chi connectivity index (χ0n) is 25.9. The maximum absolute atomic E-state index is 14.1. The van der Waals surface area contributed by atoms with Crippen molar-refractivity contribution in [2.75, 3.05) is 0 Å². The first-order valence-corrected chi connectivity index (χ1v) is 15.0. The lowest BCUT2D eigenvalue weighted by molar-refractivity contribution is -0.140. The number of rotatable bonds is 2. The third kappa shape index (κ3) is 5.18. The molecule has 0 saturated carbocycles. The summed E-state index contributed by atoms with van der Waals surface area (Å²) in [6.07, 6.45) is -9.93.